The summed E-state index contributed by atoms with van der Waals surface area (Å²) >= 11 is -0.589. The van der Waals surface area contributed by atoms with Gasteiger partial charge in [-0.05, 0) is 0 Å². The van der Waals surface area contributed by atoms with Crippen LogP contribution in [0, 0.1) is 5.92 Å². The Kier molecular flexibility index (Phi) is 4.48. The first-order valence-corrected chi connectivity index (χ1v) is 6.77. The predicted molar refractivity (Wildman–Crippen MR) is 56.3 cm³/mol. The van der Waals surface area contributed by atoms with E-state index < -0.39 is 20.9 Å². The van der Waals surface area contributed by atoms with E-state index in [1.807, 2.05) is 18.2 Å². The molecule has 1 aromatic carbocycles. The standard InChI is InChI=1S/C11H14OTe/c1-9(2)8-11(12)13-10-6-4-3-5-7-10/h3-7,9H,8H2,1-2H3. The van der Waals surface area contributed by atoms with E-state index in [0.29, 0.717) is 9.75 Å². The molecule has 1 rings (SSSR count). The predicted octanol–water partition coefficient (Wildman–Crippen LogP) is 1.59. The van der Waals surface area contributed by atoms with Gasteiger partial charge in [0.2, 0.25) is 0 Å². The van der Waals surface area contributed by atoms with Crippen LogP contribution in [0.4, 0.5) is 0 Å². The molecule has 0 bridgehead atoms. The third-order valence-electron chi connectivity index (χ3n) is 1.55. The molecule has 0 fully saturated rings. The van der Waals surface area contributed by atoms with Crippen LogP contribution in [0.2, 0.25) is 0 Å². The van der Waals surface area contributed by atoms with E-state index in [2.05, 4.69) is 26.0 Å². The van der Waals surface area contributed by atoms with E-state index in [9.17, 15) is 4.79 Å². The molecular formula is C11H14OTe. The molecule has 1 aromatic rings. The van der Waals surface area contributed by atoms with E-state index in [0.717, 1.165) is 6.42 Å². The van der Waals surface area contributed by atoms with Crippen molar-refractivity contribution in [1.82, 2.24) is 0 Å². The topological polar surface area (TPSA) is 17.1 Å². The molecule has 0 heterocycles. The van der Waals surface area contributed by atoms with Crippen LogP contribution in [0.15, 0.2) is 30.3 Å². The summed E-state index contributed by atoms with van der Waals surface area (Å²) in [5, 5.41) is 0. The molecule has 2 heteroatoms. The van der Waals surface area contributed by atoms with Crippen molar-refractivity contribution < 1.29 is 4.79 Å². The van der Waals surface area contributed by atoms with Gasteiger partial charge in [0.1, 0.15) is 0 Å². The zero-order chi connectivity index (χ0) is 9.68. The molecule has 0 unspecified atom stereocenters. The van der Waals surface area contributed by atoms with Gasteiger partial charge in [-0.25, -0.2) is 0 Å². The Bertz CT molecular complexity index is 267. The Morgan fingerprint density at radius 2 is 1.92 bits per heavy atom. The van der Waals surface area contributed by atoms with Crippen LogP contribution in [-0.2, 0) is 4.79 Å². The van der Waals surface area contributed by atoms with Gasteiger partial charge in [0.25, 0.3) is 0 Å². The minimum atomic E-state index is -0.589. The van der Waals surface area contributed by atoms with Gasteiger partial charge in [-0.15, -0.1) is 0 Å². The molecule has 0 N–H and O–H groups in total. The summed E-state index contributed by atoms with van der Waals surface area (Å²) in [4.78, 5) is 11.5. The normalized spacial score (nSPS) is 10.4. The summed E-state index contributed by atoms with van der Waals surface area (Å²) in [7, 11) is 0. The van der Waals surface area contributed by atoms with Crippen LogP contribution in [0.1, 0.15) is 20.3 Å². The summed E-state index contributed by atoms with van der Waals surface area (Å²) < 4.78 is 1.71. The molecule has 0 aromatic heterocycles. The zero-order valence-electron chi connectivity index (χ0n) is 7.99. The maximum atomic E-state index is 11.5. The van der Waals surface area contributed by atoms with Crippen molar-refractivity contribution in [3.8, 4) is 0 Å². The van der Waals surface area contributed by atoms with Crippen molar-refractivity contribution in [1.29, 1.82) is 0 Å². The number of hydrogen-bond donors (Lipinski definition) is 0. The number of carbonyl (C=O) groups is 1. The van der Waals surface area contributed by atoms with Crippen molar-refractivity contribution in [2.45, 2.75) is 20.3 Å². The molecule has 0 aliphatic rings. The molecule has 0 aliphatic carbocycles. The van der Waals surface area contributed by atoms with Crippen LogP contribution in [0.5, 0.6) is 0 Å². The minimum absolute atomic E-state index is 0.464. The average molecular weight is 290 g/mol. The fourth-order valence-electron chi connectivity index (χ4n) is 0.995. The van der Waals surface area contributed by atoms with Crippen LogP contribution in [0.25, 0.3) is 0 Å². The second-order valence-electron chi connectivity index (χ2n) is 3.39. The van der Waals surface area contributed by atoms with E-state index in [1.54, 1.807) is 0 Å². The Morgan fingerprint density at radius 1 is 1.31 bits per heavy atom. The molecule has 0 spiro atoms. The molecule has 0 radical (unpaired) electrons. The van der Waals surface area contributed by atoms with Gasteiger partial charge in [-0.2, -0.15) is 0 Å². The number of carbonyl (C=O) groups excluding carboxylic acids is 1. The molecule has 0 amide bonds. The first-order valence-electron chi connectivity index (χ1n) is 4.44. The van der Waals surface area contributed by atoms with Gasteiger partial charge in [-0.3, -0.25) is 0 Å². The van der Waals surface area contributed by atoms with Crippen LogP contribution < -0.4 is 3.61 Å². The monoisotopic (exact) mass is 292 g/mol. The van der Waals surface area contributed by atoms with E-state index in [4.69, 9.17) is 0 Å². The van der Waals surface area contributed by atoms with E-state index in [1.165, 1.54) is 3.61 Å². The SMILES string of the molecule is CC(C)CC(=O)[Te]c1ccccc1. The van der Waals surface area contributed by atoms with Gasteiger partial charge in [-0.1, -0.05) is 0 Å². The summed E-state index contributed by atoms with van der Waals surface area (Å²) in [5.74, 6) is 0.501. The summed E-state index contributed by atoms with van der Waals surface area (Å²) in [6.45, 7) is 4.19. The first kappa shape index (κ1) is 10.8. The van der Waals surface area contributed by atoms with Gasteiger partial charge in [0.05, 0.1) is 0 Å². The quantitative estimate of drug-likeness (QED) is 0.770. The van der Waals surface area contributed by atoms with Crippen LogP contribution in [-0.4, -0.2) is 24.8 Å². The fraction of sp³-hybridized carbons (Fsp3) is 0.364. The zero-order valence-corrected chi connectivity index (χ0v) is 10.3. The Morgan fingerprint density at radius 3 is 2.46 bits per heavy atom. The molecule has 0 saturated carbocycles. The summed E-state index contributed by atoms with van der Waals surface area (Å²) in [5.41, 5.74) is 0. The number of hydrogen-bond acceptors (Lipinski definition) is 1. The van der Waals surface area contributed by atoms with Crippen molar-refractivity contribution >= 4 is 28.4 Å². The average Bonchev–Trinajstić information content (AvgIpc) is 2.04. The van der Waals surface area contributed by atoms with Crippen molar-refractivity contribution in [3.63, 3.8) is 0 Å². The molecule has 13 heavy (non-hydrogen) atoms. The Hall–Kier alpha value is -0.320. The maximum absolute atomic E-state index is 11.5. The third-order valence-corrected chi connectivity index (χ3v) is 4.12. The van der Waals surface area contributed by atoms with Gasteiger partial charge >= 0.3 is 89.7 Å². The number of rotatable bonds is 4. The van der Waals surface area contributed by atoms with Crippen molar-refractivity contribution in [2.24, 2.45) is 5.92 Å². The molecule has 70 valence electrons. The van der Waals surface area contributed by atoms with Crippen LogP contribution >= 0.6 is 0 Å². The fourth-order valence-corrected chi connectivity index (χ4v) is 3.77. The van der Waals surface area contributed by atoms with Gasteiger partial charge in [0, 0.05) is 0 Å². The number of benzene rings is 1. The van der Waals surface area contributed by atoms with E-state index in [-0.39, 0.29) is 0 Å². The molecule has 0 saturated heterocycles. The Balaban J connectivity index is 2.46. The molecule has 0 aliphatic heterocycles. The summed E-state index contributed by atoms with van der Waals surface area (Å²) in [6.07, 6.45) is 0.747. The molecular weight excluding hydrogens is 276 g/mol. The van der Waals surface area contributed by atoms with E-state index >= 15 is 0 Å². The first-order chi connectivity index (χ1) is 6.18. The Labute approximate surface area is 89.6 Å². The second kappa shape index (κ2) is 5.42. The third kappa shape index (κ3) is 4.45. The van der Waals surface area contributed by atoms with Crippen LogP contribution in [0.3, 0.4) is 0 Å². The summed E-state index contributed by atoms with van der Waals surface area (Å²) in [6, 6.07) is 10.1. The second-order valence-corrected chi connectivity index (χ2v) is 6.61. The molecule has 1 nitrogen and oxygen atoms in total. The molecule has 0 atom stereocenters. The van der Waals surface area contributed by atoms with Crippen molar-refractivity contribution in [3.05, 3.63) is 30.3 Å². The van der Waals surface area contributed by atoms with Crippen molar-refractivity contribution in [2.75, 3.05) is 0 Å². The van der Waals surface area contributed by atoms with Gasteiger partial charge in [0.15, 0.2) is 0 Å². The van der Waals surface area contributed by atoms with Gasteiger partial charge < -0.3 is 0 Å².